The van der Waals surface area contributed by atoms with Gasteiger partial charge in [0, 0.05) is 23.7 Å². The molecule has 140 valence electrons. The average Bonchev–Trinajstić information content (AvgIpc) is 2.53. The van der Waals surface area contributed by atoms with Crippen LogP contribution in [0.3, 0.4) is 0 Å². The minimum Gasteiger partial charge on any atom is -0.350 e. The van der Waals surface area contributed by atoms with Crippen molar-refractivity contribution in [1.29, 1.82) is 0 Å². The Labute approximate surface area is 156 Å². The summed E-state index contributed by atoms with van der Waals surface area (Å²) in [5.74, 6) is 0.624. The first-order valence-electron chi connectivity index (χ1n) is 8.88. The van der Waals surface area contributed by atoms with Gasteiger partial charge < -0.3 is 16.0 Å². The molecule has 1 heterocycles. The monoisotopic (exact) mass is 367 g/mol. The van der Waals surface area contributed by atoms with Gasteiger partial charge in [0.1, 0.15) is 0 Å². The molecular weight excluding hydrogens is 338 g/mol. The summed E-state index contributed by atoms with van der Waals surface area (Å²) in [6.07, 6.45) is 3.82. The SMILES string of the molecule is Cc1cc(NC(=O)CCC2CCNCC2)ccc1C(=O)NC(C)C.Cl. The molecule has 5 nitrogen and oxygen atoms in total. The number of hydrogen-bond acceptors (Lipinski definition) is 3. The van der Waals surface area contributed by atoms with Crippen molar-refractivity contribution in [2.75, 3.05) is 18.4 Å². The lowest BCUT2D eigenvalue weighted by Gasteiger charge is -2.22. The molecule has 2 amide bonds. The molecule has 0 saturated carbocycles. The van der Waals surface area contributed by atoms with Gasteiger partial charge in [0.2, 0.25) is 5.91 Å². The molecule has 25 heavy (non-hydrogen) atoms. The average molecular weight is 368 g/mol. The van der Waals surface area contributed by atoms with E-state index in [2.05, 4.69) is 16.0 Å². The number of halogens is 1. The second kappa shape index (κ2) is 10.4. The van der Waals surface area contributed by atoms with Gasteiger partial charge in [-0.2, -0.15) is 0 Å². The summed E-state index contributed by atoms with van der Waals surface area (Å²) < 4.78 is 0. The van der Waals surface area contributed by atoms with Gasteiger partial charge in [0.15, 0.2) is 0 Å². The Hall–Kier alpha value is -1.59. The summed E-state index contributed by atoms with van der Waals surface area (Å²) in [6.45, 7) is 7.88. The number of rotatable bonds is 6. The van der Waals surface area contributed by atoms with Crippen molar-refractivity contribution in [2.45, 2.75) is 52.5 Å². The van der Waals surface area contributed by atoms with E-state index in [0.29, 0.717) is 17.9 Å². The third-order valence-electron chi connectivity index (χ3n) is 4.41. The van der Waals surface area contributed by atoms with Gasteiger partial charge in [-0.15, -0.1) is 12.4 Å². The standard InChI is InChI=1S/C19H29N3O2.ClH/c1-13(2)21-19(24)17-6-5-16(12-14(17)3)22-18(23)7-4-15-8-10-20-11-9-15;/h5-6,12-13,15,20H,4,7-11H2,1-3H3,(H,21,24)(H,22,23);1H. The molecule has 0 aromatic heterocycles. The van der Waals surface area contributed by atoms with Crippen molar-refractivity contribution < 1.29 is 9.59 Å². The van der Waals surface area contributed by atoms with Crippen LogP contribution in [0.25, 0.3) is 0 Å². The number of amides is 2. The summed E-state index contributed by atoms with van der Waals surface area (Å²) in [4.78, 5) is 24.2. The zero-order valence-electron chi connectivity index (χ0n) is 15.4. The lowest BCUT2D eigenvalue weighted by atomic mass is 9.93. The molecule has 0 aliphatic carbocycles. The first kappa shape index (κ1) is 21.5. The Morgan fingerprint density at radius 3 is 2.52 bits per heavy atom. The number of aryl methyl sites for hydroxylation is 1. The van der Waals surface area contributed by atoms with Crippen LogP contribution in [-0.4, -0.2) is 30.9 Å². The van der Waals surface area contributed by atoms with E-state index in [1.807, 2.05) is 26.8 Å². The summed E-state index contributed by atoms with van der Waals surface area (Å²) >= 11 is 0. The van der Waals surface area contributed by atoms with Gasteiger partial charge in [-0.25, -0.2) is 0 Å². The number of carbonyl (C=O) groups is 2. The van der Waals surface area contributed by atoms with Crippen LogP contribution < -0.4 is 16.0 Å². The van der Waals surface area contributed by atoms with Crippen molar-refractivity contribution in [3.63, 3.8) is 0 Å². The van der Waals surface area contributed by atoms with Crippen molar-refractivity contribution >= 4 is 29.9 Å². The molecule has 1 aliphatic rings. The van der Waals surface area contributed by atoms with Crippen LogP contribution in [0.5, 0.6) is 0 Å². The molecule has 0 bridgehead atoms. The van der Waals surface area contributed by atoms with Gasteiger partial charge in [0.25, 0.3) is 5.91 Å². The van der Waals surface area contributed by atoms with Crippen molar-refractivity contribution in [1.82, 2.24) is 10.6 Å². The lowest BCUT2D eigenvalue weighted by molar-refractivity contribution is -0.116. The molecule has 0 atom stereocenters. The van der Waals surface area contributed by atoms with Crippen molar-refractivity contribution in [3.8, 4) is 0 Å². The molecule has 2 rings (SSSR count). The van der Waals surface area contributed by atoms with E-state index in [-0.39, 0.29) is 30.3 Å². The van der Waals surface area contributed by atoms with E-state index in [1.165, 1.54) is 0 Å². The quantitative estimate of drug-likeness (QED) is 0.722. The molecular formula is C19H30ClN3O2. The Balaban J connectivity index is 0.00000312. The Kier molecular flexibility index (Phi) is 8.93. The fourth-order valence-electron chi connectivity index (χ4n) is 3.07. The summed E-state index contributed by atoms with van der Waals surface area (Å²) in [5.41, 5.74) is 2.27. The zero-order valence-corrected chi connectivity index (χ0v) is 16.2. The highest BCUT2D eigenvalue weighted by atomic mass is 35.5. The zero-order chi connectivity index (χ0) is 17.5. The highest BCUT2D eigenvalue weighted by Crippen LogP contribution is 2.19. The number of benzene rings is 1. The molecule has 1 fully saturated rings. The van der Waals surface area contributed by atoms with Crippen molar-refractivity contribution in [3.05, 3.63) is 29.3 Å². The fourth-order valence-corrected chi connectivity index (χ4v) is 3.07. The number of nitrogens with one attached hydrogen (secondary N) is 3. The second-order valence-corrected chi connectivity index (χ2v) is 6.94. The van der Waals surface area contributed by atoms with Crippen LogP contribution in [-0.2, 0) is 4.79 Å². The number of carbonyl (C=O) groups excluding carboxylic acids is 2. The molecule has 0 unspecified atom stereocenters. The maximum absolute atomic E-state index is 12.1. The largest absolute Gasteiger partial charge is 0.350 e. The van der Waals surface area contributed by atoms with E-state index in [0.717, 1.165) is 43.6 Å². The molecule has 1 aromatic carbocycles. The van der Waals surface area contributed by atoms with Gasteiger partial charge in [-0.05, 0) is 82.8 Å². The van der Waals surface area contributed by atoms with E-state index < -0.39 is 0 Å². The number of anilines is 1. The van der Waals surface area contributed by atoms with E-state index in [1.54, 1.807) is 12.1 Å². The first-order chi connectivity index (χ1) is 11.5. The molecule has 0 spiro atoms. The normalized spacial score (nSPS) is 14.7. The molecule has 1 aromatic rings. The summed E-state index contributed by atoms with van der Waals surface area (Å²) in [6, 6.07) is 5.53. The highest BCUT2D eigenvalue weighted by Gasteiger charge is 2.15. The fraction of sp³-hybridized carbons (Fsp3) is 0.579. The first-order valence-corrected chi connectivity index (χ1v) is 8.88. The van der Waals surface area contributed by atoms with E-state index >= 15 is 0 Å². The smallest absolute Gasteiger partial charge is 0.251 e. The van der Waals surface area contributed by atoms with Crippen molar-refractivity contribution in [2.24, 2.45) is 5.92 Å². The van der Waals surface area contributed by atoms with Crippen LogP contribution in [0.15, 0.2) is 18.2 Å². The van der Waals surface area contributed by atoms with Crippen LogP contribution in [0.2, 0.25) is 0 Å². The van der Waals surface area contributed by atoms with E-state index in [4.69, 9.17) is 0 Å². The van der Waals surface area contributed by atoms with Crippen LogP contribution in [0.1, 0.15) is 55.5 Å². The summed E-state index contributed by atoms with van der Waals surface area (Å²) in [7, 11) is 0. The lowest BCUT2D eigenvalue weighted by Crippen LogP contribution is -2.30. The minimum absolute atomic E-state index is 0. The van der Waals surface area contributed by atoms with Gasteiger partial charge in [-0.3, -0.25) is 9.59 Å². The van der Waals surface area contributed by atoms with Gasteiger partial charge >= 0.3 is 0 Å². The van der Waals surface area contributed by atoms with Crippen LogP contribution in [0.4, 0.5) is 5.69 Å². The number of piperidine rings is 1. The molecule has 1 aliphatic heterocycles. The Morgan fingerprint density at radius 1 is 1.24 bits per heavy atom. The van der Waals surface area contributed by atoms with Gasteiger partial charge in [0.05, 0.1) is 0 Å². The maximum Gasteiger partial charge on any atom is 0.251 e. The van der Waals surface area contributed by atoms with Crippen LogP contribution in [0, 0.1) is 12.8 Å². The minimum atomic E-state index is -0.0775. The molecule has 1 saturated heterocycles. The third kappa shape index (κ3) is 7.04. The molecule has 6 heteroatoms. The third-order valence-corrected chi connectivity index (χ3v) is 4.41. The van der Waals surface area contributed by atoms with Gasteiger partial charge in [-0.1, -0.05) is 0 Å². The summed E-state index contributed by atoms with van der Waals surface area (Å²) in [5, 5.41) is 9.17. The van der Waals surface area contributed by atoms with Crippen LogP contribution >= 0.6 is 12.4 Å². The molecule has 3 N–H and O–H groups in total. The predicted octanol–water partition coefficient (Wildman–Crippen LogP) is 3.27. The Morgan fingerprint density at radius 2 is 1.92 bits per heavy atom. The second-order valence-electron chi connectivity index (χ2n) is 6.94. The molecule has 0 radical (unpaired) electrons. The topological polar surface area (TPSA) is 70.2 Å². The predicted molar refractivity (Wildman–Crippen MR) is 104 cm³/mol. The highest BCUT2D eigenvalue weighted by molar-refractivity contribution is 5.97. The number of hydrogen-bond donors (Lipinski definition) is 3. The van der Waals surface area contributed by atoms with E-state index in [9.17, 15) is 9.59 Å². The Bertz CT molecular complexity index is 584. The maximum atomic E-state index is 12.1.